The molecule has 2 rings (SSSR count). The van der Waals surface area contributed by atoms with Gasteiger partial charge >= 0.3 is 0 Å². The van der Waals surface area contributed by atoms with Gasteiger partial charge in [-0.25, -0.2) is 0 Å². The van der Waals surface area contributed by atoms with E-state index in [4.69, 9.17) is 11.6 Å². The summed E-state index contributed by atoms with van der Waals surface area (Å²) in [5.74, 6) is 0. The maximum atomic E-state index is 6.51. The molecule has 2 aromatic carbocycles. The smallest absolute Gasteiger partial charge is 0.0443 e. The fourth-order valence-corrected chi connectivity index (χ4v) is 3.45. The maximum Gasteiger partial charge on any atom is 0.0443 e. The number of rotatable bonds is 5. The van der Waals surface area contributed by atoms with E-state index in [0.717, 1.165) is 30.7 Å². The van der Waals surface area contributed by atoms with Crippen LogP contribution in [0.4, 0.5) is 0 Å². The molecule has 0 aliphatic heterocycles. The Hall–Kier alpha value is -1.27. The molecule has 1 heteroatoms. The highest BCUT2D eigenvalue weighted by atomic mass is 35.5. The van der Waals surface area contributed by atoms with E-state index < -0.39 is 0 Å². The lowest BCUT2D eigenvalue weighted by atomic mass is 9.89. The Bertz CT molecular complexity index is 570. The molecule has 20 heavy (non-hydrogen) atoms. The Morgan fingerprint density at radius 2 is 1.40 bits per heavy atom. The number of hydrogen-bond acceptors (Lipinski definition) is 0. The lowest BCUT2D eigenvalue weighted by Crippen LogP contribution is -2.04. The Morgan fingerprint density at radius 3 is 1.95 bits per heavy atom. The molecule has 0 aliphatic carbocycles. The molecule has 0 unspecified atom stereocenters. The summed E-state index contributed by atoms with van der Waals surface area (Å²) >= 11 is 6.51. The summed E-state index contributed by atoms with van der Waals surface area (Å²) in [7, 11) is 0. The average Bonchev–Trinajstić information content (AvgIpc) is 2.47. The van der Waals surface area contributed by atoms with Crippen molar-refractivity contribution in [3.8, 4) is 0 Å². The van der Waals surface area contributed by atoms with Gasteiger partial charge in [0, 0.05) is 5.02 Å². The molecule has 0 aliphatic rings. The molecular weight excluding hydrogens is 264 g/mol. The number of benzene rings is 2. The van der Waals surface area contributed by atoms with Crippen LogP contribution < -0.4 is 0 Å². The molecule has 0 fully saturated rings. The molecule has 0 nitrogen and oxygen atoms in total. The van der Waals surface area contributed by atoms with Crippen LogP contribution in [0.25, 0.3) is 0 Å². The molecule has 0 radical (unpaired) electrons. The SMILES string of the molecule is CCc1c(Cl)cc(Cc2ccccc2)c(CC)c1CC. The molecule has 0 spiro atoms. The van der Waals surface area contributed by atoms with Gasteiger partial charge in [0.05, 0.1) is 0 Å². The Kier molecular flexibility index (Phi) is 5.25. The first kappa shape index (κ1) is 15.1. The van der Waals surface area contributed by atoms with Crippen molar-refractivity contribution < 1.29 is 0 Å². The third-order valence-corrected chi connectivity index (χ3v) is 4.34. The van der Waals surface area contributed by atoms with E-state index in [1.165, 1.54) is 27.8 Å². The lowest BCUT2D eigenvalue weighted by molar-refractivity contribution is 0.953. The zero-order chi connectivity index (χ0) is 14.5. The van der Waals surface area contributed by atoms with Crippen molar-refractivity contribution in [2.24, 2.45) is 0 Å². The lowest BCUT2D eigenvalue weighted by Gasteiger charge is -2.18. The first-order valence-corrected chi connectivity index (χ1v) is 7.94. The molecule has 0 amide bonds. The minimum atomic E-state index is 0.937. The van der Waals surface area contributed by atoms with E-state index in [1.54, 1.807) is 0 Å². The van der Waals surface area contributed by atoms with Crippen LogP contribution in [0.2, 0.25) is 5.02 Å². The summed E-state index contributed by atoms with van der Waals surface area (Å²) < 4.78 is 0. The van der Waals surface area contributed by atoms with Crippen LogP contribution in [0.5, 0.6) is 0 Å². The summed E-state index contributed by atoms with van der Waals surface area (Å²) in [5, 5.41) is 0.937. The normalized spacial score (nSPS) is 10.8. The predicted octanol–water partition coefficient (Wildman–Crippen LogP) is 5.62. The van der Waals surface area contributed by atoms with Gasteiger partial charge in [0.15, 0.2) is 0 Å². The summed E-state index contributed by atoms with van der Waals surface area (Å²) in [6.07, 6.45) is 4.13. The second-order valence-corrected chi connectivity index (χ2v) is 5.58. The van der Waals surface area contributed by atoms with Crippen molar-refractivity contribution in [2.75, 3.05) is 0 Å². The van der Waals surface area contributed by atoms with Crippen LogP contribution >= 0.6 is 11.6 Å². The summed E-state index contributed by atoms with van der Waals surface area (Å²) in [4.78, 5) is 0. The van der Waals surface area contributed by atoms with E-state index in [2.05, 4.69) is 57.2 Å². The summed E-state index contributed by atoms with van der Waals surface area (Å²) in [5.41, 5.74) is 7.04. The van der Waals surface area contributed by atoms with Crippen molar-refractivity contribution in [3.63, 3.8) is 0 Å². The fourth-order valence-electron chi connectivity index (χ4n) is 3.07. The van der Waals surface area contributed by atoms with E-state index in [1.807, 2.05) is 0 Å². The molecule has 0 heterocycles. The highest BCUT2D eigenvalue weighted by Crippen LogP contribution is 2.30. The highest BCUT2D eigenvalue weighted by molar-refractivity contribution is 6.31. The van der Waals surface area contributed by atoms with Crippen LogP contribution in [0.1, 0.15) is 48.6 Å². The molecule has 0 bridgehead atoms. The van der Waals surface area contributed by atoms with E-state index >= 15 is 0 Å². The largest absolute Gasteiger partial charge is 0.0840 e. The molecule has 0 saturated carbocycles. The third kappa shape index (κ3) is 3.07. The standard InChI is InChI=1S/C19H23Cl/c1-4-16-15(12-14-10-8-7-9-11-14)13-19(20)18(6-3)17(16)5-2/h7-11,13H,4-6,12H2,1-3H3. The van der Waals surface area contributed by atoms with E-state index in [9.17, 15) is 0 Å². The van der Waals surface area contributed by atoms with Crippen LogP contribution in [-0.2, 0) is 25.7 Å². The number of hydrogen-bond donors (Lipinski definition) is 0. The van der Waals surface area contributed by atoms with E-state index in [-0.39, 0.29) is 0 Å². The highest BCUT2D eigenvalue weighted by Gasteiger charge is 2.14. The number of halogens is 1. The Balaban J connectivity index is 2.50. The summed E-state index contributed by atoms with van der Waals surface area (Å²) in [6, 6.07) is 12.8. The second kappa shape index (κ2) is 6.95. The van der Waals surface area contributed by atoms with Crippen molar-refractivity contribution in [1.29, 1.82) is 0 Å². The predicted molar refractivity (Wildman–Crippen MR) is 88.8 cm³/mol. The monoisotopic (exact) mass is 286 g/mol. The maximum absolute atomic E-state index is 6.51. The molecule has 0 saturated heterocycles. The second-order valence-electron chi connectivity index (χ2n) is 5.18. The first-order chi connectivity index (χ1) is 9.71. The van der Waals surface area contributed by atoms with Crippen molar-refractivity contribution in [2.45, 2.75) is 46.5 Å². The Labute approximate surface area is 127 Å². The Morgan fingerprint density at radius 1 is 0.800 bits per heavy atom. The summed E-state index contributed by atoms with van der Waals surface area (Å²) in [6.45, 7) is 6.67. The third-order valence-electron chi connectivity index (χ3n) is 4.00. The van der Waals surface area contributed by atoms with Crippen LogP contribution in [0.15, 0.2) is 36.4 Å². The molecule has 0 aromatic heterocycles. The minimum absolute atomic E-state index is 0.937. The van der Waals surface area contributed by atoms with Crippen LogP contribution in [0, 0.1) is 0 Å². The van der Waals surface area contributed by atoms with Crippen LogP contribution in [-0.4, -0.2) is 0 Å². The van der Waals surface area contributed by atoms with Crippen molar-refractivity contribution >= 4 is 11.6 Å². The zero-order valence-corrected chi connectivity index (χ0v) is 13.4. The van der Waals surface area contributed by atoms with Gasteiger partial charge in [0.1, 0.15) is 0 Å². The average molecular weight is 287 g/mol. The van der Waals surface area contributed by atoms with Gasteiger partial charge in [0.2, 0.25) is 0 Å². The topological polar surface area (TPSA) is 0 Å². The fraction of sp³-hybridized carbons (Fsp3) is 0.368. The van der Waals surface area contributed by atoms with Gasteiger partial charge in [-0.15, -0.1) is 0 Å². The van der Waals surface area contributed by atoms with Gasteiger partial charge < -0.3 is 0 Å². The van der Waals surface area contributed by atoms with Gasteiger partial charge in [-0.1, -0.05) is 62.7 Å². The zero-order valence-electron chi connectivity index (χ0n) is 12.7. The van der Waals surface area contributed by atoms with Gasteiger partial charge in [-0.3, -0.25) is 0 Å². The van der Waals surface area contributed by atoms with Crippen molar-refractivity contribution in [1.82, 2.24) is 0 Å². The molecule has 2 aromatic rings. The van der Waals surface area contributed by atoms with E-state index in [0.29, 0.717) is 0 Å². The molecule has 0 N–H and O–H groups in total. The van der Waals surface area contributed by atoms with Gasteiger partial charge in [-0.2, -0.15) is 0 Å². The minimum Gasteiger partial charge on any atom is -0.0840 e. The van der Waals surface area contributed by atoms with Crippen molar-refractivity contribution in [3.05, 3.63) is 69.2 Å². The van der Waals surface area contributed by atoms with Gasteiger partial charge in [0.25, 0.3) is 0 Å². The quantitative estimate of drug-likeness (QED) is 0.669. The molecule has 0 atom stereocenters. The van der Waals surface area contributed by atoms with Crippen LogP contribution in [0.3, 0.4) is 0 Å². The molecule has 106 valence electrons. The first-order valence-electron chi connectivity index (χ1n) is 7.57. The van der Waals surface area contributed by atoms with Gasteiger partial charge in [-0.05, 0) is 59.6 Å². The molecular formula is C19H23Cl.